The van der Waals surface area contributed by atoms with Crippen molar-refractivity contribution in [3.8, 4) is 23.7 Å². The van der Waals surface area contributed by atoms with E-state index in [1.54, 1.807) is 5.20 Å². The highest BCUT2D eigenvalue weighted by atomic mass is 28.3. The van der Waals surface area contributed by atoms with Gasteiger partial charge in [-0.25, -0.2) is 0 Å². The number of terminal acetylenes is 1. The first-order chi connectivity index (χ1) is 29.9. The number of aromatic nitrogens is 2. The molecule has 8 aromatic rings. The summed E-state index contributed by atoms with van der Waals surface area (Å²) >= 11 is 0. The van der Waals surface area contributed by atoms with Crippen LogP contribution in [0.2, 0.25) is 0 Å². The van der Waals surface area contributed by atoms with E-state index < -0.39 is 8.07 Å². The summed E-state index contributed by atoms with van der Waals surface area (Å²) in [5.41, 5.74) is 14.5. The highest BCUT2D eigenvalue weighted by Crippen LogP contribution is 2.57. The summed E-state index contributed by atoms with van der Waals surface area (Å²) in [6.07, 6.45) is 20.9. The molecule has 2 nitrogen and oxygen atoms in total. The second-order valence-corrected chi connectivity index (χ2v) is 21.3. The number of para-hydroxylation sites is 3. The molecule has 3 aliphatic rings. The highest BCUT2D eigenvalue weighted by Gasteiger charge is 2.44. The molecule has 0 saturated heterocycles. The van der Waals surface area contributed by atoms with Gasteiger partial charge in [-0.15, -0.1) is 6.42 Å². The van der Waals surface area contributed by atoms with Crippen LogP contribution in [-0.4, -0.2) is 17.2 Å². The molecule has 2 heterocycles. The van der Waals surface area contributed by atoms with Gasteiger partial charge in [0.1, 0.15) is 0 Å². The van der Waals surface area contributed by atoms with Crippen molar-refractivity contribution < 1.29 is 0 Å². The first kappa shape index (κ1) is 37.2. The quantitative estimate of drug-likeness (QED) is 0.0863. The number of allylic oxidation sites excluding steroid dienone is 10. The summed E-state index contributed by atoms with van der Waals surface area (Å²) in [6.45, 7) is 7.05. The Labute approximate surface area is 360 Å². The summed E-state index contributed by atoms with van der Waals surface area (Å²) in [5, 5.41) is 9.65. The van der Waals surface area contributed by atoms with Crippen molar-refractivity contribution in [2.75, 3.05) is 0 Å². The first-order valence-corrected chi connectivity index (χ1v) is 23.8. The summed E-state index contributed by atoms with van der Waals surface area (Å²) in [7, 11) is -2.81. The van der Waals surface area contributed by atoms with Crippen molar-refractivity contribution in [1.29, 1.82) is 0 Å². The lowest BCUT2D eigenvalue weighted by atomic mass is 9.74. The van der Waals surface area contributed by atoms with Crippen molar-refractivity contribution >= 4 is 61.9 Å². The van der Waals surface area contributed by atoms with Crippen molar-refractivity contribution in [2.24, 2.45) is 5.41 Å². The van der Waals surface area contributed by atoms with Crippen LogP contribution in [0.1, 0.15) is 51.3 Å². The van der Waals surface area contributed by atoms with Crippen LogP contribution in [0.25, 0.3) is 49.7 Å². The molecule has 11 rings (SSSR count). The van der Waals surface area contributed by atoms with Crippen molar-refractivity contribution in [1.82, 2.24) is 9.13 Å². The Bertz CT molecular complexity index is 3260. The molecule has 3 aliphatic carbocycles. The Kier molecular flexibility index (Phi) is 8.77. The van der Waals surface area contributed by atoms with Gasteiger partial charge in [-0.2, -0.15) is 0 Å². The van der Waals surface area contributed by atoms with E-state index in [9.17, 15) is 0 Å². The number of fused-ring (bicyclic) bond motifs is 7. The Morgan fingerprint density at radius 3 is 1.97 bits per heavy atom. The third-order valence-corrected chi connectivity index (χ3v) is 19.0. The van der Waals surface area contributed by atoms with Gasteiger partial charge in [-0.3, -0.25) is 0 Å². The summed E-state index contributed by atoms with van der Waals surface area (Å²) in [5.74, 6) is 2.75. The van der Waals surface area contributed by atoms with Gasteiger partial charge in [0, 0.05) is 44.2 Å². The second kappa shape index (κ2) is 14.4. The topological polar surface area (TPSA) is 9.86 Å². The molecule has 61 heavy (non-hydrogen) atoms. The molecule has 6 aromatic carbocycles. The van der Waals surface area contributed by atoms with E-state index in [-0.39, 0.29) is 5.41 Å². The fourth-order valence-electron chi connectivity index (χ4n) is 11.5. The fraction of sp³-hybridized carbons (Fsp3) is 0.138. The Balaban J connectivity index is 1.13. The number of hydrogen-bond acceptors (Lipinski definition) is 0. The maximum Gasteiger partial charge on any atom is 0.175 e. The molecule has 1 atom stereocenters. The van der Waals surface area contributed by atoms with E-state index in [4.69, 9.17) is 6.42 Å². The molecule has 0 amide bonds. The predicted octanol–water partition coefficient (Wildman–Crippen LogP) is 12.3. The smallest absolute Gasteiger partial charge is 0.175 e. The zero-order valence-electron chi connectivity index (χ0n) is 35.1. The number of hydrogen-bond donors (Lipinski definition) is 0. The van der Waals surface area contributed by atoms with Crippen LogP contribution in [0.3, 0.4) is 0 Å². The van der Waals surface area contributed by atoms with E-state index in [1.165, 1.54) is 93.2 Å². The van der Waals surface area contributed by atoms with E-state index in [2.05, 4.69) is 212 Å². The van der Waals surface area contributed by atoms with Gasteiger partial charge in [0.2, 0.25) is 0 Å². The molecule has 0 saturated carbocycles. The minimum atomic E-state index is -2.81. The molecule has 0 aliphatic heterocycles. The normalized spacial score (nSPS) is 16.9. The minimum absolute atomic E-state index is 0.156. The Morgan fingerprint density at radius 2 is 1.25 bits per heavy atom. The lowest BCUT2D eigenvalue weighted by Gasteiger charge is -2.37. The van der Waals surface area contributed by atoms with Crippen LogP contribution < -0.4 is 15.6 Å². The molecule has 0 radical (unpaired) electrons. The van der Waals surface area contributed by atoms with Crippen molar-refractivity contribution in [3.63, 3.8) is 0 Å². The minimum Gasteiger partial charge on any atom is -0.313 e. The monoisotopic (exact) mass is 800 g/mol. The van der Waals surface area contributed by atoms with Crippen LogP contribution in [0, 0.1) is 17.8 Å². The van der Waals surface area contributed by atoms with Crippen molar-refractivity contribution in [3.05, 3.63) is 215 Å². The molecule has 0 bridgehead atoms. The maximum atomic E-state index is 5.74. The molecule has 2 aromatic heterocycles. The van der Waals surface area contributed by atoms with Crippen LogP contribution in [0.15, 0.2) is 204 Å². The van der Waals surface area contributed by atoms with Gasteiger partial charge in [-0.05, 0) is 125 Å². The van der Waals surface area contributed by atoms with E-state index in [0.29, 0.717) is 0 Å². The lowest BCUT2D eigenvalue weighted by Crippen LogP contribution is -2.68. The van der Waals surface area contributed by atoms with Gasteiger partial charge < -0.3 is 9.13 Å². The van der Waals surface area contributed by atoms with E-state index in [0.717, 1.165) is 25.7 Å². The van der Waals surface area contributed by atoms with Gasteiger partial charge in [0.25, 0.3) is 0 Å². The molecular weight excluding hydrogens is 753 g/mol. The third kappa shape index (κ3) is 5.49. The molecule has 0 spiro atoms. The predicted molar refractivity (Wildman–Crippen MR) is 261 cm³/mol. The zero-order valence-corrected chi connectivity index (χ0v) is 36.1. The second-order valence-electron chi connectivity index (χ2n) is 17.4. The largest absolute Gasteiger partial charge is 0.313 e. The number of rotatable bonds is 7. The molecule has 294 valence electrons. The fourth-order valence-corrected chi connectivity index (χ4v) is 16.5. The van der Waals surface area contributed by atoms with Crippen LogP contribution in [-0.2, 0) is 6.42 Å². The molecule has 0 fully saturated rings. The molecule has 1 unspecified atom stereocenters. The van der Waals surface area contributed by atoms with Crippen LogP contribution in [0.4, 0.5) is 0 Å². The lowest BCUT2D eigenvalue weighted by molar-refractivity contribution is 0.621. The van der Waals surface area contributed by atoms with Crippen LogP contribution in [0.5, 0.6) is 0 Å². The molecule has 3 heteroatoms. The first-order valence-electron chi connectivity index (χ1n) is 21.8. The average molecular weight is 801 g/mol. The van der Waals surface area contributed by atoms with Gasteiger partial charge in [0.15, 0.2) is 8.07 Å². The maximum absolute atomic E-state index is 5.74. The van der Waals surface area contributed by atoms with Crippen molar-refractivity contribution in [2.45, 2.75) is 46.5 Å². The van der Waals surface area contributed by atoms with Gasteiger partial charge in [-0.1, -0.05) is 152 Å². The average Bonchev–Trinajstić information content (AvgIpc) is 3.89. The molecular formula is C58H48N2Si. The summed E-state index contributed by atoms with van der Waals surface area (Å²) in [6, 6.07) is 57.4. The SMILES string of the molecule is C#C/C=C\C1=C(C)C2=C(c3c(n(-c4ccc([Si](C5=CC=CCC5)(c5ccccc5)c5ccc6c7ccccc7n(-c7ccccc7)c6c5)cc4)c4ccccc34)CC2)C1(C)C. The molecule has 0 N–H and O–H groups in total. The highest BCUT2D eigenvalue weighted by molar-refractivity contribution is 7.16. The van der Waals surface area contributed by atoms with Gasteiger partial charge in [0.05, 0.1) is 16.6 Å². The van der Waals surface area contributed by atoms with E-state index in [1.807, 2.05) is 6.08 Å². The zero-order chi connectivity index (χ0) is 41.3. The Hall–Kier alpha value is -6.86. The summed E-state index contributed by atoms with van der Waals surface area (Å²) < 4.78 is 5.03. The number of nitrogens with zero attached hydrogens (tertiary/aromatic N) is 2. The third-order valence-electron chi connectivity index (χ3n) is 14.0. The summed E-state index contributed by atoms with van der Waals surface area (Å²) in [4.78, 5) is 0. The van der Waals surface area contributed by atoms with Gasteiger partial charge >= 0.3 is 0 Å². The number of benzene rings is 6. The van der Waals surface area contributed by atoms with E-state index >= 15 is 0 Å². The van der Waals surface area contributed by atoms with Crippen LogP contribution >= 0.6 is 0 Å². The standard InChI is InChI=1S/C58H48N2Si/c1-5-6-28-51-40(2)47-37-38-54-56(57(47)58(51,3)4)50-27-17-19-30-53(50)59(54)42-31-33-45(34-32-42)61(43-22-12-8-13-23-43,44-24-14-9-15-25-44)46-35-36-49-48-26-16-18-29-52(48)60(55(49)39-46)41-20-10-7-11-21-41/h1,6-14,16-24,26-36,39H,15,25,37-38H2,2-4H3/b28-6-. The Morgan fingerprint density at radius 1 is 0.623 bits per heavy atom.